The van der Waals surface area contributed by atoms with E-state index in [2.05, 4.69) is 4.90 Å². The summed E-state index contributed by atoms with van der Waals surface area (Å²) in [5.41, 5.74) is 13.2. The smallest absolute Gasteiger partial charge is 0.248 e. The first-order valence-electron chi connectivity index (χ1n) is 6.63. The van der Waals surface area contributed by atoms with E-state index in [1.54, 1.807) is 19.1 Å². The Labute approximate surface area is 118 Å². The van der Waals surface area contributed by atoms with Crippen LogP contribution in [0.25, 0.3) is 0 Å². The molecule has 2 amide bonds. The SMILES string of the molecule is CC(=O)N1CCN(Cc2ccc(C(N)=O)cc2N)CC1. The van der Waals surface area contributed by atoms with Crippen molar-refractivity contribution in [3.8, 4) is 0 Å². The maximum Gasteiger partial charge on any atom is 0.248 e. The molecule has 6 nitrogen and oxygen atoms in total. The van der Waals surface area contributed by atoms with Gasteiger partial charge < -0.3 is 16.4 Å². The van der Waals surface area contributed by atoms with Crippen LogP contribution in [-0.2, 0) is 11.3 Å². The molecule has 0 bridgehead atoms. The monoisotopic (exact) mass is 276 g/mol. The van der Waals surface area contributed by atoms with Crippen LogP contribution in [0.4, 0.5) is 5.69 Å². The van der Waals surface area contributed by atoms with Crippen molar-refractivity contribution in [1.82, 2.24) is 9.80 Å². The number of amides is 2. The predicted molar refractivity (Wildman–Crippen MR) is 76.9 cm³/mol. The second-order valence-corrected chi connectivity index (χ2v) is 5.06. The van der Waals surface area contributed by atoms with Gasteiger partial charge in [0.2, 0.25) is 11.8 Å². The third kappa shape index (κ3) is 3.27. The molecular weight excluding hydrogens is 256 g/mol. The van der Waals surface area contributed by atoms with Crippen LogP contribution in [0.5, 0.6) is 0 Å². The molecule has 1 aromatic carbocycles. The topological polar surface area (TPSA) is 92.7 Å². The Kier molecular flexibility index (Phi) is 4.24. The summed E-state index contributed by atoms with van der Waals surface area (Å²) in [6, 6.07) is 5.15. The number of nitrogens with zero attached hydrogens (tertiary/aromatic N) is 2. The fourth-order valence-electron chi connectivity index (χ4n) is 2.35. The highest BCUT2D eigenvalue weighted by atomic mass is 16.2. The van der Waals surface area contributed by atoms with Crippen LogP contribution in [0.15, 0.2) is 18.2 Å². The summed E-state index contributed by atoms with van der Waals surface area (Å²) in [6.07, 6.45) is 0. The number of carbonyl (C=O) groups is 2. The van der Waals surface area contributed by atoms with E-state index in [9.17, 15) is 9.59 Å². The largest absolute Gasteiger partial charge is 0.398 e. The molecule has 1 aliphatic rings. The normalized spacial score (nSPS) is 16.1. The van der Waals surface area contributed by atoms with Gasteiger partial charge in [-0.15, -0.1) is 0 Å². The molecule has 4 N–H and O–H groups in total. The molecule has 0 unspecified atom stereocenters. The second-order valence-electron chi connectivity index (χ2n) is 5.06. The highest BCUT2D eigenvalue weighted by molar-refractivity contribution is 5.93. The molecule has 0 atom stereocenters. The molecular formula is C14H20N4O2. The molecule has 0 aliphatic carbocycles. The molecule has 0 saturated carbocycles. The number of hydrogen-bond acceptors (Lipinski definition) is 4. The van der Waals surface area contributed by atoms with Gasteiger partial charge >= 0.3 is 0 Å². The molecule has 0 radical (unpaired) electrons. The average molecular weight is 276 g/mol. The van der Waals surface area contributed by atoms with E-state index >= 15 is 0 Å². The Bertz CT molecular complexity index is 522. The fraction of sp³-hybridized carbons (Fsp3) is 0.429. The molecule has 1 fully saturated rings. The van der Waals surface area contributed by atoms with E-state index in [1.807, 2.05) is 11.0 Å². The number of nitrogens with two attached hydrogens (primary N) is 2. The summed E-state index contributed by atoms with van der Waals surface area (Å²) in [5, 5.41) is 0. The van der Waals surface area contributed by atoms with E-state index in [1.165, 1.54) is 0 Å². The summed E-state index contributed by atoms with van der Waals surface area (Å²) in [7, 11) is 0. The molecule has 1 saturated heterocycles. The van der Waals surface area contributed by atoms with Crippen molar-refractivity contribution in [3.05, 3.63) is 29.3 Å². The van der Waals surface area contributed by atoms with Crippen LogP contribution in [-0.4, -0.2) is 47.8 Å². The lowest BCUT2D eigenvalue weighted by Crippen LogP contribution is -2.47. The zero-order chi connectivity index (χ0) is 14.7. The van der Waals surface area contributed by atoms with E-state index in [-0.39, 0.29) is 5.91 Å². The van der Waals surface area contributed by atoms with Gasteiger partial charge in [-0.05, 0) is 17.7 Å². The van der Waals surface area contributed by atoms with Crippen LogP contribution < -0.4 is 11.5 Å². The van der Waals surface area contributed by atoms with Crippen molar-refractivity contribution < 1.29 is 9.59 Å². The first kappa shape index (κ1) is 14.3. The number of benzene rings is 1. The Morgan fingerprint density at radius 3 is 2.35 bits per heavy atom. The molecule has 6 heteroatoms. The van der Waals surface area contributed by atoms with Crippen molar-refractivity contribution in [2.24, 2.45) is 5.73 Å². The Morgan fingerprint density at radius 1 is 1.20 bits per heavy atom. The maximum absolute atomic E-state index is 11.3. The van der Waals surface area contributed by atoms with E-state index in [4.69, 9.17) is 11.5 Å². The number of nitrogen functional groups attached to an aromatic ring is 1. The van der Waals surface area contributed by atoms with Crippen molar-refractivity contribution in [2.75, 3.05) is 31.9 Å². The molecule has 108 valence electrons. The number of piperazine rings is 1. The maximum atomic E-state index is 11.3. The lowest BCUT2D eigenvalue weighted by molar-refractivity contribution is -0.130. The van der Waals surface area contributed by atoms with Crippen LogP contribution >= 0.6 is 0 Å². The van der Waals surface area contributed by atoms with E-state index in [0.717, 1.165) is 38.3 Å². The summed E-state index contributed by atoms with van der Waals surface area (Å²) in [5.74, 6) is -0.353. The zero-order valence-corrected chi connectivity index (χ0v) is 11.6. The van der Waals surface area contributed by atoms with Gasteiger partial charge in [-0.2, -0.15) is 0 Å². The van der Waals surface area contributed by atoms with Crippen molar-refractivity contribution in [1.29, 1.82) is 0 Å². The van der Waals surface area contributed by atoms with E-state index < -0.39 is 5.91 Å². The van der Waals surface area contributed by atoms with Gasteiger partial charge in [-0.25, -0.2) is 0 Å². The quantitative estimate of drug-likeness (QED) is 0.762. The molecule has 1 aromatic rings. The molecule has 20 heavy (non-hydrogen) atoms. The molecule has 2 rings (SSSR count). The van der Waals surface area contributed by atoms with Crippen molar-refractivity contribution in [2.45, 2.75) is 13.5 Å². The van der Waals surface area contributed by atoms with Gasteiger partial charge in [0.25, 0.3) is 0 Å². The van der Waals surface area contributed by atoms with Crippen LogP contribution in [0.3, 0.4) is 0 Å². The molecule has 0 aromatic heterocycles. The summed E-state index contributed by atoms with van der Waals surface area (Å²) < 4.78 is 0. The van der Waals surface area contributed by atoms with Crippen LogP contribution in [0.1, 0.15) is 22.8 Å². The third-order valence-corrected chi connectivity index (χ3v) is 3.64. The number of rotatable bonds is 3. The number of anilines is 1. The van der Waals surface area contributed by atoms with Gasteiger partial charge in [0.15, 0.2) is 0 Å². The third-order valence-electron chi connectivity index (χ3n) is 3.64. The van der Waals surface area contributed by atoms with Gasteiger partial charge in [-0.3, -0.25) is 14.5 Å². The summed E-state index contributed by atoms with van der Waals surface area (Å²) in [6.45, 7) is 5.46. The highest BCUT2D eigenvalue weighted by Gasteiger charge is 2.19. The standard InChI is InChI=1S/C14H20N4O2/c1-10(19)18-6-4-17(5-7-18)9-12-3-2-11(14(16)20)8-13(12)15/h2-3,8H,4-7,9,15H2,1H3,(H2,16,20). The first-order valence-corrected chi connectivity index (χ1v) is 6.63. The Balaban J connectivity index is 1.98. The summed E-state index contributed by atoms with van der Waals surface area (Å²) in [4.78, 5) is 26.4. The Morgan fingerprint density at radius 2 is 1.85 bits per heavy atom. The Hall–Kier alpha value is -2.08. The minimum absolute atomic E-state index is 0.120. The average Bonchev–Trinajstić information content (AvgIpc) is 2.41. The lowest BCUT2D eigenvalue weighted by Gasteiger charge is -2.34. The number of hydrogen-bond donors (Lipinski definition) is 2. The number of primary amides is 1. The zero-order valence-electron chi connectivity index (χ0n) is 11.6. The minimum atomic E-state index is -0.474. The van der Waals surface area contributed by atoms with Gasteiger partial charge in [0.1, 0.15) is 0 Å². The van der Waals surface area contributed by atoms with Gasteiger partial charge in [-0.1, -0.05) is 6.07 Å². The lowest BCUT2D eigenvalue weighted by atomic mass is 10.1. The van der Waals surface area contributed by atoms with E-state index in [0.29, 0.717) is 11.3 Å². The van der Waals surface area contributed by atoms with Crippen molar-refractivity contribution >= 4 is 17.5 Å². The predicted octanol–water partition coefficient (Wildman–Crippen LogP) is 0.0318. The fourth-order valence-corrected chi connectivity index (χ4v) is 2.35. The van der Waals surface area contributed by atoms with Crippen LogP contribution in [0.2, 0.25) is 0 Å². The molecule has 1 heterocycles. The highest BCUT2D eigenvalue weighted by Crippen LogP contribution is 2.17. The summed E-state index contributed by atoms with van der Waals surface area (Å²) >= 11 is 0. The second kappa shape index (κ2) is 5.92. The van der Waals surface area contributed by atoms with Crippen molar-refractivity contribution in [3.63, 3.8) is 0 Å². The molecule has 1 aliphatic heterocycles. The molecule has 0 spiro atoms. The van der Waals surface area contributed by atoms with Crippen LogP contribution in [0, 0.1) is 0 Å². The van der Waals surface area contributed by atoms with Gasteiger partial charge in [0, 0.05) is 50.9 Å². The minimum Gasteiger partial charge on any atom is -0.398 e. The first-order chi connectivity index (χ1) is 9.47. The number of carbonyl (C=O) groups excluding carboxylic acids is 2. The van der Waals surface area contributed by atoms with Gasteiger partial charge in [0.05, 0.1) is 0 Å².